The van der Waals surface area contributed by atoms with Gasteiger partial charge in [0.25, 0.3) is 0 Å². The van der Waals surface area contributed by atoms with Gasteiger partial charge in [0.1, 0.15) is 11.5 Å². The topological polar surface area (TPSA) is 74.7 Å². The van der Waals surface area contributed by atoms with E-state index in [4.69, 9.17) is 9.98 Å². The molecule has 1 aliphatic carbocycles. The van der Waals surface area contributed by atoms with Gasteiger partial charge in [0.15, 0.2) is 0 Å². The lowest BCUT2D eigenvalue weighted by Crippen LogP contribution is -2.57. The lowest BCUT2D eigenvalue weighted by Gasteiger charge is -2.36. The number of aryl methyl sites for hydroxylation is 1. The molecule has 2 aromatic carbocycles. The fourth-order valence-electron chi connectivity index (χ4n) is 6.65. The van der Waals surface area contributed by atoms with Crippen molar-refractivity contribution in [2.24, 2.45) is 9.98 Å². The molecule has 3 aliphatic rings. The first-order valence-electron chi connectivity index (χ1n) is 16.0. The largest absolute Gasteiger partial charge is 0.507 e. The van der Waals surface area contributed by atoms with E-state index in [0.717, 1.165) is 87.9 Å². The summed E-state index contributed by atoms with van der Waals surface area (Å²) in [6.45, 7) is 12.2. The highest BCUT2D eigenvalue weighted by atomic mass is 16.3. The molecule has 0 amide bonds. The Morgan fingerprint density at radius 1 is 0.905 bits per heavy atom. The summed E-state index contributed by atoms with van der Waals surface area (Å²) in [4.78, 5) is 15.0. The van der Waals surface area contributed by atoms with E-state index in [0.29, 0.717) is 5.75 Å². The highest BCUT2D eigenvalue weighted by Gasteiger charge is 2.34. The number of aromatic hydroxyl groups is 2. The van der Waals surface area contributed by atoms with Gasteiger partial charge in [-0.2, -0.15) is 0 Å². The molecular weight excluding hydrogens is 522 g/mol. The van der Waals surface area contributed by atoms with Crippen molar-refractivity contribution < 1.29 is 14.8 Å². The average Bonchev–Trinajstić information content (AvgIpc) is 2.97. The molecule has 0 bridgehead atoms. The van der Waals surface area contributed by atoms with E-state index in [9.17, 15) is 10.2 Å². The van der Waals surface area contributed by atoms with Crippen LogP contribution in [-0.2, 0) is 11.8 Å². The van der Waals surface area contributed by atoms with Gasteiger partial charge in [0.2, 0.25) is 0 Å². The van der Waals surface area contributed by atoms with Gasteiger partial charge in [-0.05, 0) is 60.4 Å². The maximum atomic E-state index is 11.4. The number of para-hydroxylation sites is 1. The monoisotopic (exact) mass is 572 g/mol. The minimum absolute atomic E-state index is 0.0333. The van der Waals surface area contributed by atoms with Crippen molar-refractivity contribution in [2.75, 3.05) is 39.8 Å². The Labute approximate surface area is 252 Å². The van der Waals surface area contributed by atoms with Gasteiger partial charge in [-0.3, -0.25) is 24.4 Å². The highest BCUT2D eigenvalue weighted by molar-refractivity contribution is 5.85. The number of benzene rings is 2. The summed E-state index contributed by atoms with van der Waals surface area (Å²) >= 11 is 0. The van der Waals surface area contributed by atoms with Crippen LogP contribution >= 0.6 is 0 Å². The standard InChI is InChI=1S/C35H49N5O2/c1-35(2,3)29-22-26(13-9-18-39-20-11-21-40-19-10-17-38(4)34(39)40)33(42)28(23-29)25-37-31-15-7-6-14-30(31)36-24-27-12-5-8-16-32(27)41/h5,8,12,16,22-25,30-31H,6-7,9-11,13-15,17-21H2,1-4H3,(H-,36,37,41,42)/p+1. The zero-order chi connectivity index (χ0) is 29.7. The Hall–Kier alpha value is -3.35. The van der Waals surface area contributed by atoms with Crippen LogP contribution in [-0.4, -0.2) is 94.8 Å². The van der Waals surface area contributed by atoms with Crippen LogP contribution in [0.4, 0.5) is 0 Å². The molecule has 2 aromatic rings. The number of hydrogen-bond acceptors (Lipinski definition) is 6. The smallest absolute Gasteiger partial charge is 0.350 e. The van der Waals surface area contributed by atoms with E-state index >= 15 is 0 Å². The van der Waals surface area contributed by atoms with Gasteiger partial charge in [0.05, 0.1) is 51.9 Å². The molecule has 2 heterocycles. The zero-order valence-corrected chi connectivity index (χ0v) is 26.1. The predicted molar refractivity (Wildman–Crippen MR) is 173 cm³/mol. The van der Waals surface area contributed by atoms with Crippen molar-refractivity contribution in [2.45, 2.75) is 89.6 Å². The molecule has 5 rings (SSSR count). The number of nitrogens with zero attached hydrogens (tertiary/aromatic N) is 5. The molecule has 2 atom stereocenters. The van der Waals surface area contributed by atoms with E-state index in [1.807, 2.05) is 24.4 Å². The summed E-state index contributed by atoms with van der Waals surface area (Å²) < 4.78 is 2.42. The Morgan fingerprint density at radius 2 is 1.60 bits per heavy atom. The van der Waals surface area contributed by atoms with Crippen LogP contribution < -0.4 is 0 Å². The second-order valence-corrected chi connectivity index (χ2v) is 13.4. The zero-order valence-electron chi connectivity index (χ0n) is 26.1. The van der Waals surface area contributed by atoms with E-state index in [-0.39, 0.29) is 23.2 Å². The molecule has 2 aliphatic heterocycles. The van der Waals surface area contributed by atoms with Crippen molar-refractivity contribution in [1.82, 2.24) is 9.80 Å². The first-order chi connectivity index (χ1) is 20.2. The number of guanidine groups is 1. The third-order valence-electron chi connectivity index (χ3n) is 9.08. The van der Waals surface area contributed by atoms with Crippen molar-refractivity contribution in [3.8, 4) is 11.5 Å². The lowest BCUT2D eigenvalue weighted by atomic mass is 9.84. The Kier molecular flexibility index (Phi) is 9.54. The second-order valence-electron chi connectivity index (χ2n) is 13.4. The van der Waals surface area contributed by atoms with E-state index < -0.39 is 0 Å². The number of phenolic OH excluding ortho intramolecular Hbond substituents is 2. The van der Waals surface area contributed by atoms with Crippen LogP contribution in [0.3, 0.4) is 0 Å². The summed E-state index contributed by atoms with van der Waals surface area (Å²) in [5, 5.41) is 21.6. The average molecular weight is 573 g/mol. The molecule has 7 heteroatoms. The number of hydrogen-bond donors (Lipinski definition) is 2. The van der Waals surface area contributed by atoms with Crippen molar-refractivity contribution >= 4 is 18.4 Å². The highest BCUT2D eigenvalue weighted by Crippen LogP contribution is 2.32. The van der Waals surface area contributed by atoms with Crippen LogP contribution in [0, 0.1) is 0 Å². The molecule has 42 heavy (non-hydrogen) atoms. The third-order valence-corrected chi connectivity index (χ3v) is 9.08. The summed E-state index contributed by atoms with van der Waals surface area (Å²) in [6, 6.07) is 11.8. The van der Waals surface area contributed by atoms with Crippen LogP contribution in [0.2, 0.25) is 0 Å². The minimum Gasteiger partial charge on any atom is -0.507 e. The van der Waals surface area contributed by atoms with Gasteiger partial charge >= 0.3 is 5.96 Å². The Morgan fingerprint density at radius 3 is 2.31 bits per heavy atom. The minimum atomic E-state index is -0.0333. The fourth-order valence-corrected chi connectivity index (χ4v) is 6.65. The van der Waals surface area contributed by atoms with Crippen molar-refractivity contribution in [1.29, 1.82) is 0 Å². The summed E-state index contributed by atoms with van der Waals surface area (Å²) in [5.41, 5.74) is 3.74. The Bertz CT molecular complexity index is 1330. The molecule has 0 aromatic heterocycles. The number of phenols is 2. The van der Waals surface area contributed by atoms with E-state index in [2.05, 4.69) is 54.3 Å². The molecule has 1 saturated carbocycles. The fraction of sp³-hybridized carbons (Fsp3) is 0.571. The van der Waals surface area contributed by atoms with Crippen LogP contribution in [0.15, 0.2) is 46.4 Å². The quantitative estimate of drug-likeness (QED) is 0.320. The van der Waals surface area contributed by atoms with Crippen molar-refractivity contribution in [3.05, 3.63) is 58.7 Å². The second kappa shape index (κ2) is 13.3. The lowest BCUT2D eigenvalue weighted by molar-refractivity contribution is -0.515. The molecule has 0 spiro atoms. The molecule has 7 nitrogen and oxygen atoms in total. The van der Waals surface area contributed by atoms with Gasteiger partial charge in [0, 0.05) is 36.4 Å². The predicted octanol–water partition coefficient (Wildman–Crippen LogP) is 5.59. The third kappa shape index (κ3) is 7.16. The SMILES string of the molecule is C[N+]1=C2N(CCCc3cc(C(C)(C)C)cc(C=NC4CCCCC4N=Cc4ccccc4O)c3O)CCCN2CCC1. The molecule has 2 unspecified atom stereocenters. The maximum absolute atomic E-state index is 11.4. The molecule has 1 saturated heterocycles. The molecule has 2 fully saturated rings. The van der Waals surface area contributed by atoms with Gasteiger partial charge in [-0.15, -0.1) is 0 Å². The first-order valence-corrected chi connectivity index (χ1v) is 16.0. The van der Waals surface area contributed by atoms with Crippen LogP contribution in [0.5, 0.6) is 11.5 Å². The molecule has 226 valence electrons. The van der Waals surface area contributed by atoms with Gasteiger partial charge in [-0.25, -0.2) is 0 Å². The number of rotatable bonds is 8. The Balaban J connectivity index is 1.32. The first kappa shape index (κ1) is 30.1. The summed E-state index contributed by atoms with van der Waals surface area (Å²) in [6.07, 6.45) is 12.2. The number of fused-ring (bicyclic) bond motifs is 1. The van der Waals surface area contributed by atoms with Gasteiger partial charge in [-0.1, -0.05) is 51.8 Å². The van der Waals surface area contributed by atoms with E-state index in [1.165, 1.54) is 24.4 Å². The maximum Gasteiger partial charge on any atom is 0.350 e. The van der Waals surface area contributed by atoms with E-state index in [1.54, 1.807) is 12.3 Å². The molecule has 2 N–H and O–H groups in total. The number of aliphatic imine (C=N–C) groups is 2. The molecular formula is C35H50N5O2+. The van der Waals surface area contributed by atoms with Crippen LogP contribution in [0.1, 0.15) is 88.0 Å². The summed E-state index contributed by atoms with van der Waals surface area (Å²) in [5.74, 6) is 2.00. The molecule has 0 radical (unpaired) electrons. The normalized spacial score (nSPS) is 21.9. The summed E-state index contributed by atoms with van der Waals surface area (Å²) in [7, 11) is 2.22. The van der Waals surface area contributed by atoms with Crippen molar-refractivity contribution in [3.63, 3.8) is 0 Å². The van der Waals surface area contributed by atoms with Gasteiger partial charge < -0.3 is 10.2 Å². The van der Waals surface area contributed by atoms with Crippen LogP contribution in [0.25, 0.3) is 0 Å².